The molecule has 1 heterocycles. The predicted molar refractivity (Wildman–Crippen MR) is 125 cm³/mol. The lowest BCUT2D eigenvalue weighted by atomic mass is 10.1. The van der Waals surface area contributed by atoms with Crippen LogP contribution in [0.15, 0.2) is 83.9 Å². The van der Waals surface area contributed by atoms with Crippen LogP contribution in [0, 0.1) is 0 Å². The summed E-state index contributed by atoms with van der Waals surface area (Å²) in [7, 11) is -1.70. The summed E-state index contributed by atoms with van der Waals surface area (Å²) >= 11 is 0. The maximum absolute atomic E-state index is 12.9. The van der Waals surface area contributed by atoms with Gasteiger partial charge in [0.25, 0.3) is 0 Å². The molecule has 4 aromatic rings. The van der Waals surface area contributed by atoms with Crippen molar-refractivity contribution >= 4 is 32.5 Å². The third-order valence-electron chi connectivity index (χ3n) is 5.16. The number of fused-ring (bicyclic) bond motifs is 1. The fourth-order valence-corrected chi connectivity index (χ4v) is 4.86. The molecule has 0 bridgehead atoms. The minimum absolute atomic E-state index is 0.111. The maximum Gasteiger partial charge on any atom is 0.319 e. The predicted octanol–water partition coefficient (Wildman–Crippen LogP) is 4.43. The number of aromatic nitrogens is 2. The number of nitrogens with zero attached hydrogens (tertiary/aromatic N) is 2. The van der Waals surface area contributed by atoms with Crippen molar-refractivity contribution < 1.29 is 13.2 Å². The van der Waals surface area contributed by atoms with Gasteiger partial charge in [-0.3, -0.25) is 4.68 Å². The van der Waals surface area contributed by atoms with Gasteiger partial charge in [-0.15, -0.1) is 0 Å². The van der Waals surface area contributed by atoms with Gasteiger partial charge in [0, 0.05) is 24.3 Å². The van der Waals surface area contributed by atoms with E-state index in [1.54, 1.807) is 22.9 Å². The van der Waals surface area contributed by atoms with Crippen molar-refractivity contribution in [3.05, 3.63) is 90.1 Å². The van der Waals surface area contributed by atoms with E-state index in [0.717, 1.165) is 16.5 Å². The van der Waals surface area contributed by atoms with Crippen molar-refractivity contribution in [2.75, 3.05) is 5.32 Å². The molecular formula is C24H24N4O3S. The van der Waals surface area contributed by atoms with E-state index in [9.17, 15) is 13.2 Å². The Morgan fingerprint density at radius 2 is 1.75 bits per heavy atom. The van der Waals surface area contributed by atoms with E-state index < -0.39 is 9.84 Å². The van der Waals surface area contributed by atoms with Gasteiger partial charge in [-0.05, 0) is 54.4 Å². The smallest absolute Gasteiger partial charge is 0.319 e. The summed E-state index contributed by atoms with van der Waals surface area (Å²) in [6.45, 7) is 1.90. The highest BCUT2D eigenvalue weighted by Crippen LogP contribution is 2.22. The van der Waals surface area contributed by atoms with Gasteiger partial charge in [-0.1, -0.05) is 36.4 Å². The molecule has 164 valence electrons. The quantitative estimate of drug-likeness (QED) is 0.456. The van der Waals surface area contributed by atoms with Crippen LogP contribution in [0.5, 0.6) is 0 Å². The molecule has 0 spiro atoms. The molecule has 0 fully saturated rings. The van der Waals surface area contributed by atoms with Crippen molar-refractivity contribution in [2.45, 2.75) is 23.6 Å². The van der Waals surface area contributed by atoms with Gasteiger partial charge >= 0.3 is 6.03 Å². The number of hydrogen-bond donors (Lipinski definition) is 2. The summed E-state index contributed by atoms with van der Waals surface area (Å²) in [5.74, 6) is -0.111. The van der Waals surface area contributed by atoms with Crippen LogP contribution in [0.1, 0.15) is 24.1 Å². The number of rotatable bonds is 6. The third kappa shape index (κ3) is 4.97. The largest absolute Gasteiger partial charge is 0.331 e. The van der Waals surface area contributed by atoms with Gasteiger partial charge in [-0.25, -0.2) is 13.2 Å². The molecule has 0 aliphatic heterocycles. The number of urea groups is 1. The summed E-state index contributed by atoms with van der Waals surface area (Å²) < 4.78 is 27.4. The molecule has 2 amide bonds. The number of amides is 2. The number of nitrogens with one attached hydrogen (secondary N) is 2. The lowest BCUT2D eigenvalue weighted by Crippen LogP contribution is -2.31. The average Bonchev–Trinajstić information content (AvgIpc) is 3.13. The molecule has 4 rings (SSSR count). The molecule has 1 aromatic heterocycles. The summed E-state index contributed by atoms with van der Waals surface area (Å²) in [5.41, 5.74) is 3.03. The highest BCUT2D eigenvalue weighted by molar-refractivity contribution is 7.90. The summed E-state index contributed by atoms with van der Waals surface area (Å²) in [5, 5.41) is 10.8. The Balaban J connectivity index is 1.41. The molecule has 32 heavy (non-hydrogen) atoms. The lowest BCUT2D eigenvalue weighted by Gasteiger charge is -2.15. The van der Waals surface area contributed by atoms with Gasteiger partial charge in [0.2, 0.25) is 0 Å². The number of carbonyl (C=O) groups is 1. The molecule has 1 atom stereocenters. The molecule has 3 aromatic carbocycles. The number of carbonyl (C=O) groups excluding carboxylic acids is 1. The van der Waals surface area contributed by atoms with E-state index in [1.165, 1.54) is 12.1 Å². The first-order valence-corrected chi connectivity index (χ1v) is 11.8. The minimum Gasteiger partial charge on any atom is -0.331 e. The van der Waals surface area contributed by atoms with Crippen LogP contribution in [-0.4, -0.2) is 24.2 Å². The topological polar surface area (TPSA) is 93.1 Å². The van der Waals surface area contributed by atoms with E-state index in [2.05, 4.69) is 15.7 Å². The number of sulfone groups is 1. The first-order chi connectivity index (χ1) is 15.3. The zero-order chi connectivity index (χ0) is 22.7. The molecular weight excluding hydrogens is 424 g/mol. The Labute approximate surface area is 187 Å². The molecule has 0 radical (unpaired) electrons. The third-order valence-corrected chi connectivity index (χ3v) is 6.86. The summed E-state index contributed by atoms with van der Waals surface area (Å²) in [4.78, 5) is 12.5. The van der Waals surface area contributed by atoms with Crippen molar-refractivity contribution in [1.29, 1.82) is 0 Å². The normalized spacial score (nSPS) is 12.4. The first-order valence-electron chi connectivity index (χ1n) is 10.2. The second kappa shape index (κ2) is 8.84. The molecule has 0 saturated carbocycles. The Bertz CT molecular complexity index is 1350. The average molecular weight is 449 g/mol. The van der Waals surface area contributed by atoms with E-state index in [-0.39, 0.29) is 22.7 Å². The fraction of sp³-hybridized carbons (Fsp3) is 0.167. The zero-order valence-corrected chi connectivity index (χ0v) is 18.6. The molecule has 1 unspecified atom stereocenters. The number of hydrogen-bond acceptors (Lipinski definition) is 4. The fourth-order valence-electron chi connectivity index (χ4n) is 3.53. The van der Waals surface area contributed by atoms with Crippen LogP contribution in [0.2, 0.25) is 0 Å². The maximum atomic E-state index is 12.9. The molecule has 0 aliphatic carbocycles. The summed E-state index contributed by atoms with van der Waals surface area (Å²) in [6.07, 6.45) is 1.86. The second-order valence-corrected chi connectivity index (χ2v) is 9.70. The van der Waals surface area contributed by atoms with Gasteiger partial charge in [0.1, 0.15) is 0 Å². The van der Waals surface area contributed by atoms with Crippen LogP contribution in [0.3, 0.4) is 0 Å². The lowest BCUT2D eigenvalue weighted by molar-refractivity contribution is 0.249. The zero-order valence-electron chi connectivity index (χ0n) is 17.8. The van der Waals surface area contributed by atoms with Crippen LogP contribution in [-0.2, 0) is 22.6 Å². The van der Waals surface area contributed by atoms with E-state index in [4.69, 9.17) is 0 Å². The van der Waals surface area contributed by atoms with Crippen LogP contribution in [0.4, 0.5) is 10.5 Å². The standard InChI is InChI=1S/C24H24N4O3S/c1-17(19-6-4-3-5-7-19)25-24(29)26-21-9-11-22(12-10-21)32(30,31)16-18-8-13-23-20(14-18)15-28(2)27-23/h3-15,17H,16H2,1-2H3,(H2,25,26,29). The Morgan fingerprint density at radius 3 is 2.47 bits per heavy atom. The van der Waals surface area contributed by atoms with Crippen molar-refractivity contribution in [1.82, 2.24) is 15.1 Å². The highest BCUT2D eigenvalue weighted by atomic mass is 32.2. The Morgan fingerprint density at radius 1 is 1.03 bits per heavy atom. The summed E-state index contributed by atoms with van der Waals surface area (Å²) in [6, 6.07) is 20.7. The number of aryl methyl sites for hydroxylation is 1. The number of anilines is 1. The van der Waals surface area contributed by atoms with E-state index in [1.807, 2.05) is 62.6 Å². The molecule has 2 N–H and O–H groups in total. The van der Waals surface area contributed by atoms with Crippen molar-refractivity contribution in [3.8, 4) is 0 Å². The molecule has 8 heteroatoms. The Hall–Kier alpha value is -3.65. The van der Waals surface area contributed by atoms with Crippen LogP contribution in [0.25, 0.3) is 10.9 Å². The van der Waals surface area contributed by atoms with Crippen LogP contribution >= 0.6 is 0 Å². The highest BCUT2D eigenvalue weighted by Gasteiger charge is 2.16. The molecule has 7 nitrogen and oxygen atoms in total. The van der Waals surface area contributed by atoms with Gasteiger partial charge in [0.05, 0.1) is 22.2 Å². The van der Waals surface area contributed by atoms with Crippen LogP contribution < -0.4 is 10.6 Å². The number of benzene rings is 3. The van der Waals surface area contributed by atoms with Crippen molar-refractivity contribution in [2.24, 2.45) is 7.05 Å². The Kier molecular flexibility index (Phi) is 5.96. The SMILES string of the molecule is CC(NC(=O)Nc1ccc(S(=O)(=O)Cc2ccc3nn(C)cc3c2)cc1)c1ccccc1. The second-order valence-electron chi connectivity index (χ2n) is 7.71. The van der Waals surface area contributed by atoms with E-state index in [0.29, 0.717) is 11.3 Å². The molecule has 0 aliphatic rings. The minimum atomic E-state index is -3.53. The van der Waals surface area contributed by atoms with Crippen molar-refractivity contribution in [3.63, 3.8) is 0 Å². The van der Waals surface area contributed by atoms with Gasteiger partial charge < -0.3 is 10.6 Å². The molecule has 0 saturated heterocycles. The van der Waals surface area contributed by atoms with Gasteiger partial charge in [0.15, 0.2) is 9.84 Å². The van der Waals surface area contributed by atoms with Gasteiger partial charge in [-0.2, -0.15) is 5.10 Å². The van der Waals surface area contributed by atoms with E-state index >= 15 is 0 Å². The first kappa shape index (κ1) is 21.6. The monoisotopic (exact) mass is 448 g/mol.